The molecule has 2 N–H and O–H groups in total. The first-order valence-corrected chi connectivity index (χ1v) is 5.20. The molecule has 0 saturated heterocycles. The molecule has 0 fully saturated rings. The van der Waals surface area contributed by atoms with E-state index < -0.39 is 41.6 Å². The summed E-state index contributed by atoms with van der Waals surface area (Å²) in [6.45, 7) is -0.501. The number of amides is 1. The Kier molecular flexibility index (Phi) is 4.21. The van der Waals surface area contributed by atoms with Crippen molar-refractivity contribution in [2.45, 2.75) is 12.4 Å². The Balaban J connectivity index is 3.34. The molecule has 0 bridgehead atoms. The van der Waals surface area contributed by atoms with Crippen LogP contribution in [0.4, 0.5) is 32.0 Å². The van der Waals surface area contributed by atoms with Crippen molar-refractivity contribution in [1.29, 1.82) is 0 Å². The molecule has 0 aliphatic carbocycles. The van der Waals surface area contributed by atoms with Crippen molar-refractivity contribution in [3.8, 4) is 0 Å². The molecule has 0 aromatic heterocycles. The monoisotopic (exact) mass is 300 g/mol. The molecule has 0 radical (unpaired) electrons. The second kappa shape index (κ2) is 5.22. The lowest BCUT2D eigenvalue weighted by Crippen LogP contribution is -2.31. The third-order valence-electron chi connectivity index (χ3n) is 2.41. The van der Waals surface area contributed by atoms with Crippen LogP contribution in [0.3, 0.4) is 0 Å². The number of benzene rings is 1. The summed E-state index contributed by atoms with van der Waals surface area (Å²) in [4.78, 5) is 11.6. The number of rotatable bonds is 3. The van der Waals surface area contributed by atoms with Crippen molar-refractivity contribution < 1.29 is 31.1 Å². The third-order valence-corrected chi connectivity index (χ3v) is 2.41. The number of carbonyl (C=O) groups is 1. The number of anilines is 1. The molecule has 1 aromatic carbocycles. The van der Waals surface area contributed by atoms with E-state index >= 15 is 0 Å². The van der Waals surface area contributed by atoms with E-state index in [1.165, 1.54) is 7.05 Å². The average molecular weight is 300 g/mol. The molecule has 20 heavy (non-hydrogen) atoms. The van der Waals surface area contributed by atoms with Crippen molar-refractivity contribution in [2.24, 2.45) is 5.73 Å². The van der Waals surface area contributed by atoms with E-state index in [1.54, 1.807) is 0 Å². The number of hydrogen-bond donors (Lipinski definition) is 1. The molecule has 3 nitrogen and oxygen atoms in total. The van der Waals surface area contributed by atoms with Crippen LogP contribution in [-0.4, -0.2) is 19.5 Å². The second-order valence-electron chi connectivity index (χ2n) is 4.09. The van der Waals surface area contributed by atoms with Crippen molar-refractivity contribution in [2.75, 3.05) is 18.5 Å². The van der Waals surface area contributed by atoms with Crippen LogP contribution in [0.25, 0.3) is 0 Å². The first-order valence-electron chi connectivity index (χ1n) is 5.20. The number of halogens is 6. The molecule has 1 rings (SSSR count). The fourth-order valence-corrected chi connectivity index (χ4v) is 1.48. The van der Waals surface area contributed by atoms with Gasteiger partial charge in [-0.1, -0.05) is 0 Å². The number of nitrogens with two attached hydrogens (primary N) is 1. The van der Waals surface area contributed by atoms with Crippen LogP contribution in [-0.2, 0) is 17.1 Å². The zero-order valence-corrected chi connectivity index (χ0v) is 10.1. The molecule has 0 aliphatic rings. The van der Waals surface area contributed by atoms with E-state index in [1.807, 2.05) is 0 Å². The predicted molar refractivity (Wildman–Crippen MR) is 58.9 cm³/mol. The summed E-state index contributed by atoms with van der Waals surface area (Å²) in [6.07, 6.45) is -9.85. The Morgan fingerprint density at radius 3 is 1.75 bits per heavy atom. The Morgan fingerprint density at radius 1 is 1.05 bits per heavy atom. The summed E-state index contributed by atoms with van der Waals surface area (Å²) in [7, 11) is 1.17. The van der Waals surface area contributed by atoms with Crippen molar-refractivity contribution in [3.63, 3.8) is 0 Å². The van der Waals surface area contributed by atoms with Gasteiger partial charge in [0.05, 0.1) is 17.7 Å². The molecule has 0 saturated carbocycles. The minimum Gasteiger partial charge on any atom is -0.368 e. The number of hydrogen-bond acceptors (Lipinski definition) is 2. The fourth-order valence-electron chi connectivity index (χ4n) is 1.48. The van der Waals surface area contributed by atoms with Gasteiger partial charge >= 0.3 is 12.4 Å². The number of nitrogens with zero attached hydrogens (tertiary/aromatic N) is 1. The number of carbonyl (C=O) groups excluding carboxylic acids is 1. The lowest BCUT2D eigenvalue weighted by atomic mass is 10.1. The molecule has 9 heteroatoms. The Hall–Kier alpha value is -1.93. The van der Waals surface area contributed by atoms with Gasteiger partial charge in [0.1, 0.15) is 0 Å². The Labute approximate surface area is 110 Å². The molecule has 112 valence electrons. The highest BCUT2D eigenvalue weighted by molar-refractivity contribution is 5.79. The number of primary amides is 1. The van der Waals surface area contributed by atoms with E-state index in [9.17, 15) is 31.1 Å². The second-order valence-corrected chi connectivity index (χ2v) is 4.09. The maximum absolute atomic E-state index is 12.6. The summed E-state index contributed by atoms with van der Waals surface area (Å²) in [5.41, 5.74) is 1.56. The predicted octanol–water partition coefficient (Wildman–Crippen LogP) is 2.65. The highest BCUT2D eigenvalue weighted by Gasteiger charge is 2.37. The van der Waals surface area contributed by atoms with Gasteiger partial charge in [-0.25, -0.2) is 0 Å². The van der Waals surface area contributed by atoms with Crippen LogP contribution in [0.2, 0.25) is 0 Å². The van der Waals surface area contributed by atoms with Crippen molar-refractivity contribution in [3.05, 3.63) is 29.3 Å². The Bertz CT molecular complexity index is 476. The van der Waals surface area contributed by atoms with Crippen LogP contribution < -0.4 is 10.6 Å². The highest BCUT2D eigenvalue weighted by Crippen LogP contribution is 2.38. The van der Waals surface area contributed by atoms with Gasteiger partial charge in [-0.3, -0.25) is 4.79 Å². The summed E-state index contributed by atoms with van der Waals surface area (Å²) < 4.78 is 75.5. The lowest BCUT2D eigenvalue weighted by molar-refractivity contribution is -0.143. The van der Waals surface area contributed by atoms with Crippen LogP contribution in [0.1, 0.15) is 11.1 Å². The van der Waals surface area contributed by atoms with E-state index in [0.29, 0.717) is 12.1 Å². The maximum atomic E-state index is 12.6. The minimum absolute atomic E-state index is 0.0155. The normalized spacial score (nSPS) is 12.3. The quantitative estimate of drug-likeness (QED) is 0.872. The van der Waals surface area contributed by atoms with Gasteiger partial charge in [-0.2, -0.15) is 26.3 Å². The van der Waals surface area contributed by atoms with E-state index in [-0.39, 0.29) is 6.07 Å². The minimum atomic E-state index is -4.93. The number of likely N-dealkylation sites (N-methyl/N-ethyl adjacent to an activating group) is 1. The summed E-state index contributed by atoms with van der Waals surface area (Å²) in [5.74, 6) is -0.876. The molecular weight excluding hydrogens is 290 g/mol. The standard InChI is InChI=1S/C11H10F6N2O/c1-19(5-9(18)20)8-3-6(10(12,13)14)2-7(4-8)11(15,16)17/h2-4H,5H2,1H3,(H2,18,20). The maximum Gasteiger partial charge on any atom is 0.416 e. The Morgan fingerprint density at radius 2 is 1.45 bits per heavy atom. The summed E-state index contributed by atoms with van der Waals surface area (Å²) in [5, 5.41) is 0. The van der Waals surface area contributed by atoms with E-state index in [0.717, 1.165) is 4.90 Å². The molecule has 0 aliphatic heterocycles. The van der Waals surface area contributed by atoms with Crippen LogP contribution in [0.15, 0.2) is 18.2 Å². The van der Waals surface area contributed by atoms with Crippen molar-refractivity contribution >= 4 is 11.6 Å². The van der Waals surface area contributed by atoms with E-state index in [4.69, 9.17) is 5.73 Å². The SMILES string of the molecule is CN(CC(N)=O)c1cc(C(F)(F)F)cc(C(F)(F)F)c1. The van der Waals surface area contributed by atoms with Gasteiger partial charge in [0, 0.05) is 12.7 Å². The average Bonchev–Trinajstić information content (AvgIpc) is 2.25. The van der Waals surface area contributed by atoms with Crippen LogP contribution >= 0.6 is 0 Å². The first-order chi connectivity index (χ1) is 8.91. The van der Waals surface area contributed by atoms with Gasteiger partial charge < -0.3 is 10.6 Å². The molecule has 1 aromatic rings. The molecule has 0 heterocycles. The zero-order chi connectivity index (χ0) is 15.7. The van der Waals surface area contributed by atoms with E-state index in [2.05, 4.69) is 0 Å². The topological polar surface area (TPSA) is 46.3 Å². The molecular formula is C11H10F6N2O. The third kappa shape index (κ3) is 4.04. The zero-order valence-electron chi connectivity index (χ0n) is 10.1. The van der Waals surface area contributed by atoms with Gasteiger partial charge in [0.2, 0.25) is 5.91 Å². The van der Waals surface area contributed by atoms with Gasteiger partial charge in [-0.15, -0.1) is 0 Å². The van der Waals surface area contributed by atoms with Gasteiger partial charge in [-0.05, 0) is 18.2 Å². The fraction of sp³-hybridized carbons (Fsp3) is 0.364. The number of alkyl halides is 6. The smallest absolute Gasteiger partial charge is 0.368 e. The largest absolute Gasteiger partial charge is 0.416 e. The molecule has 1 amide bonds. The first kappa shape index (κ1) is 16.1. The highest BCUT2D eigenvalue weighted by atomic mass is 19.4. The lowest BCUT2D eigenvalue weighted by Gasteiger charge is -2.21. The van der Waals surface area contributed by atoms with Crippen molar-refractivity contribution in [1.82, 2.24) is 0 Å². The molecule has 0 unspecified atom stereocenters. The molecule has 0 atom stereocenters. The van der Waals surface area contributed by atoms with Crippen LogP contribution in [0.5, 0.6) is 0 Å². The van der Waals surface area contributed by atoms with Crippen LogP contribution in [0, 0.1) is 0 Å². The van der Waals surface area contributed by atoms with Gasteiger partial charge in [0.25, 0.3) is 0 Å². The summed E-state index contributed by atoms with van der Waals surface area (Å²) >= 11 is 0. The van der Waals surface area contributed by atoms with Gasteiger partial charge in [0.15, 0.2) is 0 Å². The molecule has 0 spiro atoms. The summed E-state index contributed by atoms with van der Waals surface area (Å²) in [6, 6.07) is 1.07.